The van der Waals surface area contributed by atoms with Crippen LogP contribution in [-0.2, 0) is 0 Å². The highest BCUT2D eigenvalue weighted by Gasteiger charge is 2.41. The van der Waals surface area contributed by atoms with Crippen LogP contribution in [0.5, 0.6) is 0 Å². The zero-order chi connectivity index (χ0) is 48.3. The molecule has 12 saturated carbocycles. The first-order chi connectivity index (χ1) is 35.7. The Hall–Kier alpha value is 0. The van der Waals surface area contributed by atoms with Crippen LogP contribution in [0.4, 0.5) is 0 Å². The van der Waals surface area contributed by atoms with Crippen molar-refractivity contribution in [1.29, 1.82) is 0 Å². The van der Waals surface area contributed by atoms with Crippen molar-refractivity contribution < 1.29 is 0 Å². The molecule has 0 nitrogen and oxygen atoms in total. The molecule has 0 heteroatoms. The van der Waals surface area contributed by atoms with Gasteiger partial charge in [-0.1, -0.05) is 128 Å². The van der Waals surface area contributed by atoms with Gasteiger partial charge in [-0.05, 0) is 324 Å². The molecule has 0 amide bonds. The van der Waals surface area contributed by atoms with E-state index in [1.165, 1.54) is 77.0 Å². The van der Waals surface area contributed by atoms with Crippen molar-refractivity contribution in [3.8, 4) is 0 Å². The van der Waals surface area contributed by atoms with Gasteiger partial charge in [-0.25, -0.2) is 0 Å². The van der Waals surface area contributed by atoms with Gasteiger partial charge >= 0.3 is 0 Å². The van der Waals surface area contributed by atoms with Crippen molar-refractivity contribution in [3.05, 3.63) is 0 Å². The molecule has 12 fully saturated rings. The van der Waals surface area contributed by atoms with Crippen molar-refractivity contribution >= 4 is 0 Å². The van der Waals surface area contributed by atoms with E-state index >= 15 is 0 Å². The molecule has 412 valence electrons. The standard InChI is InChI=1S/2C36H62/c2*1-3-7-27(8-4-1)29-11-15-31(16-12-29)33-19-23-35(24-20-33)36-25-21-34(22-26-36)32-17-13-30(14-18-32)28-9-5-2-6-10-28/h2*27-36H,1-26H2. The van der Waals surface area contributed by atoms with Gasteiger partial charge < -0.3 is 0 Å². The summed E-state index contributed by atoms with van der Waals surface area (Å²) in [5, 5.41) is 0. The van der Waals surface area contributed by atoms with Gasteiger partial charge in [0, 0.05) is 0 Å². The van der Waals surface area contributed by atoms with E-state index in [1.807, 2.05) is 0 Å². The van der Waals surface area contributed by atoms with Crippen LogP contribution < -0.4 is 0 Å². The molecule has 0 atom stereocenters. The molecule has 0 bridgehead atoms. The molecule has 0 heterocycles. The third-order valence-electron chi connectivity index (χ3n) is 27.8. The quantitative estimate of drug-likeness (QED) is 0.205. The molecular formula is C72H124. The van der Waals surface area contributed by atoms with E-state index < -0.39 is 0 Å². The molecule has 0 saturated heterocycles. The van der Waals surface area contributed by atoms with Crippen molar-refractivity contribution in [2.75, 3.05) is 0 Å². The first kappa shape index (κ1) is 54.0. The zero-order valence-corrected chi connectivity index (χ0v) is 48.3. The summed E-state index contributed by atoms with van der Waals surface area (Å²) in [5.74, 6) is 22.4. The lowest BCUT2D eigenvalue weighted by molar-refractivity contribution is 0.0732. The second kappa shape index (κ2) is 27.7. The molecule has 0 aromatic rings. The van der Waals surface area contributed by atoms with Crippen molar-refractivity contribution in [2.45, 2.75) is 334 Å². The first-order valence-corrected chi connectivity index (χ1v) is 35.7. The molecule has 0 aromatic carbocycles. The van der Waals surface area contributed by atoms with Crippen LogP contribution in [0.25, 0.3) is 0 Å². The lowest BCUT2D eigenvalue weighted by Crippen LogP contribution is -2.32. The molecule has 0 N–H and O–H groups in total. The minimum Gasteiger partial charge on any atom is -0.0533 e. The highest BCUT2D eigenvalue weighted by Crippen LogP contribution is 2.53. The van der Waals surface area contributed by atoms with Crippen LogP contribution in [0.3, 0.4) is 0 Å². The number of hydrogen-bond acceptors (Lipinski definition) is 0. The molecule has 0 aliphatic heterocycles. The molecule has 12 aliphatic rings. The smallest absolute Gasteiger partial charge is 0.0386 e. The van der Waals surface area contributed by atoms with E-state index in [0.717, 1.165) is 118 Å². The second-order valence-corrected chi connectivity index (χ2v) is 31.0. The molecular weight excluding hydrogens is 865 g/mol. The maximum Gasteiger partial charge on any atom is -0.0386 e. The summed E-state index contributed by atoms with van der Waals surface area (Å²) in [7, 11) is 0. The molecule has 12 aliphatic carbocycles. The highest BCUT2D eigenvalue weighted by molar-refractivity contribution is 4.92. The fraction of sp³-hybridized carbons (Fsp3) is 1.00. The summed E-state index contributed by atoms with van der Waals surface area (Å²) in [6.07, 6.45) is 82.3. The predicted octanol–water partition coefficient (Wildman–Crippen LogP) is 22.7. The monoisotopic (exact) mass is 989 g/mol. The molecule has 12 rings (SSSR count). The van der Waals surface area contributed by atoms with Crippen LogP contribution in [0, 0.1) is 118 Å². The molecule has 0 radical (unpaired) electrons. The largest absolute Gasteiger partial charge is 0.0533 e. The Morgan fingerprint density at radius 1 is 0.0694 bits per heavy atom. The topological polar surface area (TPSA) is 0 Å². The Labute approximate surface area is 450 Å². The van der Waals surface area contributed by atoms with Crippen LogP contribution >= 0.6 is 0 Å². The Kier molecular flexibility index (Phi) is 20.8. The van der Waals surface area contributed by atoms with Crippen LogP contribution in [0.1, 0.15) is 334 Å². The maximum absolute atomic E-state index is 1.61. The van der Waals surface area contributed by atoms with E-state index in [9.17, 15) is 0 Å². The third-order valence-corrected chi connectivity index (χ3v) is 27.8. The molecule has 0 aromatic heterocycles. The van der Waals surface area contributed by atoms with Gasteiger partial charge in [-0.3, -0.25) is 0 Å². The van der Waals surface area contributed by atoms with E-state index in [0.29, 0.717) is 0 Å². The maximum atomic E-state index is 1.61. The van der Waals surface area contributed by atoms with Crippen molar-refractivity contribution in [3.63, 3.8) is 0 Å². The summed E-state index contributed by atoms with van der Waals surface area (Å²) < 4.78 is 0. The average molecular weight is 990 g/mol. The Morgan fingerprint density at radius 2 is 0.139 bits per heavy atom. The van der Waals surface area contributed by atoms with Crippen LogP contribution in [0.15, 0.2) is 0 Å². The van der Waals surface area contributed by atoms with Gasteiger partial charge in [0.25, 0.3) is 0 Å². The Balaban J connectivity index is 0.000000156. The summed E-state index contributed by atoms with van der Waals surface area (Å²) in [6.45, 7) is 0. The average Bonchev–Trinajstić information content (AvgIpc) is 3.49. The normalized spacial score (nSPS) is 44.3. The van der Waals surface area contributed by atoms with Gasteiger partial charge in [0.2, 0.25) is 0 Å². The summed E-state index contributed by atoms with van der Waals surface area (Å²) >= 11 is 0. The fourth-order valence-electron chi connectivity index (χ4n) is 23.1. The van der Waals surface area contributed by atoms with E-state index in [1.54, 1.807) is 257 Å². The zero-order valence-electron chi connectivity index (χ0n) is 48.3. The fourth-order valence-corrected chi connectivity index (χ4v) is 23.1. The van der Waals surface area contributed by atoms with Crippen LogP contribution in [-0.4, -0.2) is 0 Å². The SMILES string of the molecule is C1CCC(C2CCC(C3CCC(C4CCC(C5CCC(C6CCCCC6)CC5)CC4)CC3)CC2)CC1.C1CCC(C2CCC(C3CCC(C4CCC(C5CCC(C6CCCCC6)CC5)CC4)CC3)CC2)CC1. The summed E-state index contributed by atoms with van der Waals surface area (Å²) in [6, 6.07) is 0. The van der Waals surface area contributed by atoms with E-state index in [2.05, 4.69) is 0 Å². The predicted molar refractivity (Wildman–Crippen MR) is 310 cm³/mol. The van der Waals surface area contributed by atoms with Crippen LogP contribution in [0.2, 0.25) is 0 Å². The lowest BCUT2D eigenvalue weighted by Gasteiger charge is -2.44. The first-order valence-electron chi connectivity index (χ1n) is 35.7. The molecule has 0 spiro atoms. The van der Waals surface area contributed by atoms with E-state index in [4.69, 9.17) is 0 Å². The molecule has 0 unspecified atom stereocenters. The summed E-state index contributed by atoms with van der Waals surface area (Å²) in [5.41, 5.74) is 0. The summed E-state index contributed by atoms with van der Waals surface area (Å²) in [4.78, 5) is 0. The van der Waals surface area contributed by atoms with Crippen molar-refractivity contribution in [1.82, 2.24) is 0 Å². The van der Waals surface area contributed by atoms with Crippen molar-refractivity contribution in [2.24, 2.45) is 118 Å². The highest BCUT2D eigenvalue weighted by atomic mass is 14.5. The third kappa shape index (κ3) is 14.4. The van der Waals surface area contributed by atoms with Gasteiger partial charge in [0.1, 0.15) is 0 Å². The van der Waals surface area contributed by atoms with E-state index in [-0.39, 0.29) is 0 Å². The molecule has 72 heavy (non-hydrogen) atoms. The van der Waals surface area contributed by atoms with Gasteiger partial charge in [-0.2, -0.15) is 0 Å². The number of hydrogen-bond donors (Lipinski definition) is 0. The van der Waals surface area contributed by atoms with Gasteiger partial charge in [0.15, 0.2) is 0 Å². The minimum atomic E-state index is 1.11. The Bertz CT molecular complexity index is 1210. The van der Waals surface area contributed by atoms with Gasteiger partial charge in [0.05, 0.1) is 0 Å². The van der Waals surface area contributed by atoms with Gasteiger partial charge in [-0.15, -0.1) is 0 Å². The minimum absolute atomic E-state index is 1.11. The number of rotatable bonds is 10. The lowest BCUT2D eigenvalue weighted by atomic mass is 9.62. The second-order valence-electron chi connectivity index (χ2n) is 31.0. The Morgan fingerprint density at radius 3 is 0.222 bits per heavy atom.